The number of hydrogen-bond acceptors (Lipinski definition) is 2. The molecule has 0 aromatic rings. The second-order valence-electron chi connectivity index (χ2n) is 4.66. The Balaban J connectivity index is 1.68. The summed E-state index contributed by atoms with van der Waals surface area (Å²) in [5.74, 6) is -1.78. The fraction of sp³-hybridized carbons (Fsp3) is 1.00. The summed E-state index contributed by atoms with van der Waals surface area (Å²) in [6.45, 7) is 1.43. The van der Waals surface area contributed by atoms with Crippen LogP contribution in [0.4, 0.5) is 8.78 Å². The number of halogens is 2. The quantitative estimate of drug-likeness (QED) is 0.746. The maximum absolute atomic E-state index is 12.9. The third kappa shape index (κ3) is 2.23. The highest BCUT2D eigenvalue weighted by atomic mass is 19.3. The molecule has 14 heavy (non-hydrogen) atoms. The SMILES string of the molecule is CNC1CC(CN2CCC(F)(F)C2)C1. The zero-order valence-electron chi connectivity index (χ0n) is 8.60. The predicted octanol–water partition coefficient (Wildman–Crippen LogP) is 1.33. The molecule has 0 aromatic carbocycles. The minimum Gasteiger partial charge on any atom is -0.317 e. The van der Waals surface area contributed by atoms with Crippen LogP contribution in [0.3, 0.4) is 0 Å². The molecule has 0 unspecified atom stereocenters. The van der Waals surface area contributed by atoms with Gasteiger partial charge >= 0.3 is 0 Å². The Morgan fingerprint density at radius 2 is 2.14 bits per heavy atom. The van der Waals surface area contributed by atoms with E-state index in [0.29, 0.717) is 18.5 Å². The van der Waals surface area contributed by atoms with E-state index >= 15 is 0 Å². The monoisotopic (exact) mass is 204 g/mol. The van der Waals surface area contributed by atoms with Gasteiger partial charge in [-0.2, -0.15) is 0 Å². The standard InChI is InChI=1S/C10H18F2N2/c1-13-9-4-8(5-9)6-14-3-2-10(11,12)7-14/h8-9,13H,2-7H2,1H3. The highest BCUT2D eigenvalue weighted by Crippen LogP contribution is 2.32. The van der Waals surface area contributed by atoms with Crippen molar-refractivity contribution in [3.05, 3.63) is 0 Å². The van der Waals surface area contributed by atoms with E-state index in [2.05, 4.69) is 5.32 Å². The molecule has 2 rings (SSSR count). The van der Waals surface area contributed by atoms with Crippen LogP contribution in [-0.4, -0.2) is 43.5 Å². The van der Waals surface area contributed by atoms with E-state index in [9.17, 15) is 8.78 Å². The van der Waals surface area contributed by atoms with Gasteiger partial charge in [-0.25, -0.2) is 8.78 Å². The van der Waals surface area contributed by atoms with Crippen LogP contribution in [0.1, 0.15) is 19.3 Å². The fourth-order valence-corrected chi connectivity index (χ4v) is 2.45. The largest absolute Gasteiger partial charge is 0.317 e. The van der Waals surface area contributed by atoms with E-state index in [-0.39, 0.29) is 13.0 Å². The first-order chi connectivity index (χ1) is 6.59. The summed E-state index contributed by atoms with van der Waals surface area (Å²) in [5.41, 5.74) is 0. The van der Waals surface area contributed by atoms with Gasteiger partial charge in [-0.3, -0.25) is 4.90 Å². The average Bonchev–Trinajstić information content (AvgIpc) is 2.37. The molecule has 0 atom stereocenters. The van der Waals surface area contributed by atoms with E-state index in [0.717, 1.165) is 19.4 Å². The van der Waals surface area contributed by atoms with Gasteiger partial charge in [-0.05, 0) is 25.8 Å². The highest BCUT2D eigenvalue weighted by molar-refractivity contribution is 4.89. The molecule has 0 radical (unpaired) electrons. The number of likely N-dealkylation sites (tertiary alicyclic amines) is 1. The summed E-state index contributed by atoms with van der Waals surface area (Å²) < 4.78 is 25.7. The summed E-state index contributed by atoms with van der Waals surface area (Å²) in [6, 6.07) is 0.628. The molecule has 0 spiro atoms. The average molecular weight is 204 g/mol. The Bertz CT molecular complexity index is 202. The normalized spacial score (nSPS) is 37.1. The van der Waals surface area contributed by atoms with Crippen LogP contribution in [0.25, 0.3) is 0 Å². The molecule has 1 saturated heterocycles. The Labute approximate surface area is 83.7 Å². The Kier molecular flexibility index (Phi) is 2.75. The first kappa shape index (κ1) is 10.3. The maximum Gasteiger partial charge on any atom is 0.261 e. The molecule has 1 saturated carbocycles. The van der Waals surface area contributed by atoms with Crippen LogP contribution in [0.2, 0.25) is 0 Å². The zero-order chi connectivity index (χ0) is 10.2. The first-order valence-electron chi connectivity index (χ1n) is 5.36. The van der Waals surface area contributed by atoms with Crippen molar-refractivity contribution in [1.82, 2.24) is 10.2 Å². The molecule has 1 heterocycles. The van der Waals surface area contributed by atoms with Gasteiger partial charge in [0.05, 0.1) is 6.54 Å². The molecule has 0 aromatic heterocycles. The minimum atomic E-state index is -2.42. The van der Waals surface area contributed by atoms with Crippen molar-refractivity contribution in [2.45, 2.75) is 31.2 Å². The van der Waals surface area contributed by atoms with Crippen LogP contribution in [0.15, 0.2) is 0 Å². The number of alkyl halides is 2. The summed E-state index contributed by atoms with van der Waals surface area (Å²) >= 11 is 0. The molecule has 1 N–H and O–H groups in total. The molecular formula is C10H18F2N2. The second kappa shape index (κ2) is 3.74. The summed E-state index contributed by atoms with van der Waals surface area (Å²) in [6.07, 6.45) is 2.35. The molecule has 2 fully saturated rings. The van der Waals surface area contributed by atoms with Crippen molar-refractivity contribution in [2.75, 3.05) is 26.7 Å². The number of rotatable bonds is 3. The molecule has 1 aliphatic heterocycles. The lowest BCUT2D eigenvalue weighted by Crippen LogP contribution is -2.44. The van der Waals surface area contributed by atoms with Gasteiger partial charge in [-0.15, -0.1) is 0 Å². The summed E-state index contributed by atoms with van der Waals surface area (Å²) in [5, 5.41) is 3.21. The number of nitrogens with one attached hydrogen (secondary N) is 1. The van der Waals surface area contributed by atoms with E-state index in [1.54, 1.807) is 0 Å². The lowest BCUT2D eigenvalue weighted by molar-refractivity contribution is 0.00882. The Morgan fingerprint density at radius 1 is 1.43 bits per heavy atom. The lowest BCUT2D eigenvalue weighted by atomic mass is 9.80. The maximum atomic E-state index is 12.9. The van der Waals surface area contributed by atoms with Crippen molar-refractivity contribution < 1.29 is 8.78 Å². The van der Waals surface area contributed by atoms with Crippen molar-refractivity contribution in [1.29, 1.82) is 0 Å². The third-order valence-electron chi connectivity index (χ3n) is 3.41. The van der Waals surface area contributed by atoms with Crippen molar-refractivity contribution in [2.24, 2.45) is 5.92 Å². The fourth-order valence-electron chi connectivity index (χ4n) is 2.45. The van der Waals surface area contributed by atoms with E-state index < -0.39 is 5.92 Å². The molecule has 82 valence electrons. The Hall–Kier alpha value is -0.220. The summed E-state index contributed by atoms with van der Waals surface area (Å²) in [7, 11) is 1.96. The Morgan fingerprint density at radius 3 is 2.64 bits per heavy atom. The van der Waals surface area contributed by atoms with Gasteiger partial charge in [0.1, 0.15) is 0 Å². The molecule has 2 nitrogen and oxygen atoms in total. The molecule has 2 aliphatic rings. The topological polar surface area (TPSA) is 15.3 Å². The first-order valence-corrected chi connectivity index (χ1v) is 5.36. The van der Waals surface area contributed by atoms with E-state index in [1.807, 2.05) is 11.9 Å². The molecule has 0 amide bonds. The van der Waals surface area contributed by atoms with Crippen LogP contribution in [0.5, 0.6) is 0 Å². The molecule has 0 bridgehead atoms. The minimum absolute atomic E-state index is 0.0201. The van der Waals surface area contributed by atoms with Gasteiger partial charge in [0.15, 0.2) is 0 Å². The second-order valence-corrected chi connectivity index (χ2v) is 4.66. The van der Waals surface area contributed by atoms with Crippen LogP contribution < -0.4 is 5.32 Å². The van der Waals surface area contributed by atoms with Crippen LogP contribution >= 0.6 is 0 Å². The van der Waals surface area contributed by atoms with Gasteiger partial charge in [0, 0.05) is 25.6 Å². The van der Waals surface area contributed by atoms with Crippen molar-refractivity contribution in [3.8, 4) is 0 Å². The predicted molar refractivity (Wildman–Crippen MR) is 51.6 cm³/mol. The summed E-state index contributed by atoms with van der Waals surface area (Å²) in [4.78, 5) is 1.91. The van der Waals surface area contributed by atoms with E-state index in [1.165, 1.54) is 0 Å². The number of nitrogens with zero attached hydrogens (tertiary/aromatic N) is 1. The van der Waals surface area contributed by atoms with Crippen molar-refractivity contribution in [3.63, 3.8) is 0 Å². The highest BCUT2D eigenvalue weighted by Gasteiger charge is 2.40. The lowest BCUT2D eigenvalue weighted by Gasteiger charge is -2.37. The smallest absolute Gasteiger partial charge is 0.261 e. The number of hydrogen-bond donors (Lipinski definition) is 1. The molecule has 4 heteroatoms. The van der Waals surface area contributed by atoms with Gasteiger partial charge in [0.2, 0.25) is 0 Å². The third-order valence-corrected chi connectivity index (χ3v) is 3.41. The van der Waals surface area contributed by atoms with Crippen LogP contribution in [-0.2, 0) is 0 Å². The van der Waals surface area contributed by atoms with Gasteiger partial charge in [0.25, 0.3) is 5.92 Å². The molecule has 1 aliphatic carbocycles. The van der Waals surface area contributed by atoms with E-state index in [4.69, 9.17) is 0 Å². The van der Waals surface area contributed by atoms with Gasteiger partial charge < -0.3 is 5.32 Å². The molecular weight excluding hydrogens is 186 g/mol. The van der Waals surface area contributed by atoms with Gasteiger partial charge in [-0.1, -0.05) is 0 Å². The zero-order valence-corrected chi connectivity index (χ0v) is 8.60. The van der Waals surface area contributed by atoms with Crippen molar-refractivity contribution >= 4 is 0 Å². The van der Waals surface area contributed by atoms with Crippen LogP contribution in [0, 0.1) is 5.92 Å².